The Kier molecular flexibility index (Phi) is 8.82. The molecule has 6 nitrogen and oxygen atoms in total. The van der Waals surface area contributed by atoms with E-state index in [0.29, 0.717) is 41.9 Å². The molecule has 2 N–H and O–H groups in total. The highest BCUT2D eigenvalue weighted by Gasteiger charge is 2.24. The average molecular weight is 554 g/mol. The van der Waals surface area contributed by atoms with Crippen molar-refractivity contribution in [1.82, 2.24) is 10.2 Å². The van der Waals surface area contributed by atoms with Crippen molar-refractivity contribution in [2.45, 2.75) is 6.92 Å². The lowest BCUT2D eigenvalue weighted by molar-refractivity contribution is -0.115. The van der Waals surface area contributed by atoms with Gasteiger partial charge >= 0.3 is 0 Å². The molecule has 1 aliphatic heterocycles. The molecule has 0 aliphatic carbocycles. The second-order valence-corrected chi connectivity index (χ2v) is 9.84. The molecule has 1 saturated heterocycles. The molecule has 0 aromatic heterocycles. The summed E-state index contributed by atoms with van der Waals surface area (Å²) in [5.41, 5.74) is 4.12. The smallest absolute Gasteiger partial charge is 0.254 e. The first kappa shape index (κ1) is 26.7. The normalized spacial score (nSPS) is 13.5. The molecule has 190 valence electrons. The third-order valence-electron chi connectivity index (χ3n) is 6.02. The van der Waals surface area contributed by atoms with Gasteiger partial charge in [0.1, 0.15) is 0 Å². The number of thiocarbonyl (C=S) groups is 1. The first-order chi connectivity index (χ1) is 17.8. The molecule has 2 amide bonds. The lowest BCUT2D eigenvalue weighted by atomic mass is 10.1. The van der Waals surface area contributed by atoms with Crippen LogP contribution >= 0.6 is 35.4 Å². The molecule has 3 aromatic carbocycles. The SMILES string of the molecule is Cc1ccccc1C(=O)N1CCN(c2ccc(NC(=S)NC(=O)C=Cc3ccc(Cl)cc3)cc2Cl)CC1. The van der Waals surface area contributed by atoms with E-state index in [2.05, 4.69) is 15.5 Å². The van der Waals surface area contributed by atoms with Gasteiger partial charge in [-0.3, -0.25) is 14.9 Å². The zero-order valence-corrected chi connectivity index (χ0v) is 22.5. The molecule has 0 atom stereocenters. The molecular formula is C28H26Cl2N4O2S. The fourth-order valence-corrected chi connectivity index (χ4v) is 4.68. The van der Waals surface area contributed by atoms with Gasteiger partial charge in [-0.05, 0) is 72.7 Å². The summed E-state index contributed by atoms with van der Waals surface area (Å²) in [6.07, 6.45) is 3.07. The number of rotatable bonds is 5. The van der Waals surface area contributed by atoms with Gasteiger partial charge in [0.2, 0.25) is 5.91 Å². The summed E-state index contributed by atoms with van der Waals surface area (Å²) in [5, 5.41) is 6.96. The maximum absolute atomic E-state index is 12.9. The van der Waals surface area contributed by atoms with Crippen LogP contribution in [0.15, 0.2) is 72.8 Å². The fourth-order valence-electron chi connectivity index (χ4n) is 4.04. The zero-order chi connectivity index (χ0) is 26.4. The first-order valence-electron chi connectivity index (χ1n) is 11.7. The summed E-state index contributed by atoms with van der Waals surface area (Å²) in [5.74, 6) is -0.296. The molecule has 3 aromatic rings. The summed E-state index contributed by atoms with van der Waals surface area (Å²) in [6, 6.07) is 20.3. The van der Waals surface area contributed by atoms with E-state index in [1.54, 1.807) is 24.3 Å². The largest absolute Gasteiger partial charge is 0.367 e. The Morgan fingerprint density at radius 1 is 0.946 bits per heavy atom. The lowest BCUT2D eigenvalue weighted by Crippen LogP contribution is -2.49. The molecule has 0 saturated carbocycles. The molecule has 0 spiro atoms. The number of benzene rings is 3. The lowest BCUT2D eigenvalue weighted by Gasteiger charge is -2.36. The van der Waals surface area contributed by atoms with Crippen LogP contribution in [0.4, 0.5) is 11.4 Å². The Bertz CT molecular complexity index is 1340. The van der Waals surface area contributed by atoms with Gasteiger partial charge in [-0.1, -0.05) is 53.5 Å². The van der Waals surface area contributed by atoms with Gasteiger partial charge in [0.15, 0.2) is 5.11 Å². The average Bonchev–Trinajstić information content (AvgIpc) is 2.88. The molecule has 4 rings (SSSR count). The number of aryl methyl sites for hydroxylation is 1. The Labute approximate surface area is 231 Å². The number of hydrogen-bond acceptors (Lipinski definition) is 4. The third-order valence-corrected chi connectivity index (χ3v) is 6.78. The van der Waals surface area contributed by atoms with Gasteiger partial charge in [0, 0.05) is 48.5 Å². The summed E-state index contributed by atoms with van der Waals surface area (Å²) in [6.45, 7) is 4.54. The van der Waals surface area contributed by atoms with E-state index in [-0.39, 0.29) is 16.9 Å². The first-order valence-corrected chi connectivity index (χ1v) is 12.9. The topological polar surface area (TPSA) is 64.7 Å². The summed E-state index contributed by atoms with van der Waals surface area (Å²) < 4.78 is 0. The highest BCUT2D eigenvalue weighted by Crippen LogP contribution is 2.30. The number of carbonyl (C=O) groups excluding carboxylic acids is 2. The number of piperazine rings is 1. The van der Waals surface area contributed by atoms with Crippen LogP contribution in [-0.2, 0) is 4.79 Å². The van der Waals surface area contributed by atoms with Gasteiger partial charge in [0.05, 0.1) is 10.7 Å². The van der Waals surface area contributed by atoms with Crippen LogP contribution in [-0.4, -0.2) is 48.0 Å². The van der Waals surface area contributed by atoms with E-state index in [4.69, 9.17) is 35.4 Å². The highest BCUT2D eigenvalue weighted by molar-refractivity contribution is 7.80. The number of anilines is 2. The van der Waals surface area contributed by atoms with E-state index < -0.39 is 0 Å². The van der Waals surface area contributed by atoms with Crippen molar-refractivity contribution in [3.05, 3.63) is 99.5 Å². The van der Waals surface area contributed by atoms with E-state index >= 15 is 0 Å². The molecule has 1 heterocycles. The minimum absolute atomic E-state index is 0.0574. The number of hydrogen-bond donors (Lipinski definition) is 2. The van der Waals surface area contributed by atoms with Gasteiger partial charge in [-0.25, -0.2) is 0 Å². The molecule has 0 bridgehead atoms. The Hall–Kier alpha value is -3.39. The van der Waals surface area contributed by atoms with Crippen LogP contribution in [0.5, 0.6) is 0 Å². The molecule has 1 aliphatic rings. The molecule has 37 heavy (non-hydrogen) atoms. The predicted octanol–water partition coefficient (Wildman–Crippen LogP) is 5.79. The van der Waals surface area contributed by atoms with Crippen molar-refractivity contribution in [2.24, 2.45) is 0 Å². The van der Waals surface area contributed by atoms with Crippen LogP contribution in [0, 0.1) is 6.92 Å². The van der Waals surface area contributed by atoms with Crippen molar-refractivity contribution in [3.63, 3.8) is 0 Å². The van der Waals surface area contributed by atoms with E-state index in [0.717, 1.165) is 22.4 Å². The molecule has 0 unspecified atom stereocenters. The van der Waals surface area contributed by atoms with Gasteiger partial charge in [0.25, 0.3) is 5.91 Å². The highest BCUT2D eigenvalue weighted by atomic mass is 35.5. The summed E-state index contributed by atoms with van der Waals surface area (Å²) >= 11 is 17.7. The van der Waals surface area contributed by atoms with Gasteiger partial charge < -0.3 is 15.1 Å². The van der Waals surface area contributed by atoms with Crippen LogP contribution < -0.4 is 15.5 Å². The Morgan fingerprint density at radius 2 is 1.65 bits per heavy atom. The van der Waals surface area contributed by atoms with Crippen molar-refractivity contribution in [2.75, 3.05) is 36.4 Å². The second-order valence-electron chi connectivity index (χ2n) is 8.59. The van der Waals surface area contributed by atoms with Gasteiger partial charge in [-0.15, -0.1) is 0 Å². The summed E-state index contributed by atoms with van der Waals surface area (Å²) in [4.78, 5) is 29.1. The molecule has 9 heteroatoms. The monoisotopic (exact) mass is 552 g/mol. The predicted molar refractivity (Wildman–Crippen MR) is 156 cm³/mol. The Morgan fingerprint density at radius 3 is 2.32 bits per heavy atom. The van der Waals surface area contributed by atoms with Crippen molar-refractivity contribution >= 4 is 69.8 Å². The number of carbonyl (C=O) groups is 2. The molecule has 1 fully saturated rings. The number of nitrogens with one attached hydrogen (secondary N) is 2. The maximum atomic E-state index is 12.9. The standard InChI is InChI=1S/C28H26Cl2N4O2S/c1-19-4-2-3-5-23(19)27(36)34-16-14-33(15-17-34)25-12-11-22(18-24(25)30)31-28(37)32-26(35)13-8-20-6-9-21(29)10-7-20/h2-13,18H,14-17H2,1H3,(H2,31,32,35,37). The zero-order valence-electron chi connectivity index (χ0n) is 20.2. The minimum Gasteiger partial charge on any atom is -0.367 e. The number of halogens is 2. The van der Waals surface area contributed by atoms with Crippen LogP contribution in [0.3, 0.4) is 0 Å². The van der Waals surface area contributed by atoms with Crippen molar-refractivity contribution in [1.29, 1.82) is 0 Å². The van der Waals surface area contributed by atoms with E-state index in [1.807, 2.05) is 60.4 Å². The van der Waals surface area contributed by atoms with Crippen LogP contribution in [0.25, 0.3) is 6.08 Å². The number of amides is 2. The van der Waals surface area contributed by atoms with Gasteiger partial charge in [-0.2, -0.15) is 0 Å². The third kappa shape index (κ3) is 7.10. The number of nitrogens with zero attached hydrogens (tertiary/aromatic N) is 2. The van der Waals surface area contributed by atoms with Crippen molar-refractivity contribution in [3.8, 4) is 0 Å². The van der Waals surface area contributed by atoms with E-state index in [9.17, 15) is 9.59 Å². The summed E-state index contributed by atoms with van der Waals surface area (Å²) in [7, 11) is 0. The quantitative estimate of drug-likeness (QED) is 0.309. The van der Waals surface area contributed by atoms with Crippen LogP contribution in [0.2, 0.25) is 10.0 Å². The molecular weight excluding hydrogens is 527 g/mol. The second kappa shape index (κ2) is 12.2. The van der Waals surface area contributed by atoms with Crippen molar-refractivity contribution < 1.29 is 9.59 Å². The maximum Gasteiger partial charge on any atom is 0.254 e. The van der Waals surface area contributed by atoms with E-state index in [1.165, 1.54) is 6.08 Å². The minimum atomic E-state index is -0.353. The fraction of sp³-hybridized carbons (Fsp3) is 0.179. The van der Waals surface area contributed by atoms with Crippen LogP contribution in [0.1, 0.15) is 21.5 Å². The Balaban J connectivity index is 1.29. The molecule has 0 radical (unpaired) electrons.